The summed E-state index contributed by atoms with van der Waals surface area (Å²) in [5.74, 6) is 0.0884. The highest BCUT2D eigenvalue weighted by Gasteiger charge is 2.16. The molecular formula is C19H21N3O2S2. The molecule has 7 heteroatoms. The third kappa shape index (κ3) is 4.16. The Balaban J connectivity index is 1.70. The first kappa shape index (κ1) is 18.7. The van der Waals surface area contributed by atoms with Gasteiger partial charge in [0.05, 0.1) is 22.8 Å². The number of hydrogen-bond donors (Lipinski definition) is 1. The summed E-state index contributed by atoms with van der Waals surface area (Å²) in [7, 11) is 1.73. The number of thioether (sulfide) groups is 1. The summed E-state index contributed by atoms with van der Waals surface area (Å²) in [5.41, 5.74) is 1.36. The van der Waals surface area contributed by atoms with E-state index in [4.69, 9.17) is 0 Å². The van der Waals surface area contributed by atoms with E-state index in [1.54, 1.807) is 23.0 Å². The minimum Gasteiger partial charge on any atom is -0.348 e. The first-order valence-electron chi connectivity index (χ1n) is 8.51. The molecule has 0 spiro atoms. The fraction of sp³-hybridized carbons (Fsp3) is 0.316. The SMILES string of the molecule is CCC[C@H](NC(=O)CSc1nc2ccccc2n(C)c1=O)c1cccs1. The standard InChI is InChI=1S/C19H21N3O2S2/c1-3-7-14(16-10-6-11-25-16)20-17(23)12-26-18-19(24)22(2)15-9-5-4-8-13(15)21-18/h4-6,8-11,14H,3,7,12H2,1-2H3,(H,20,23)/t14-/m0/s1. The van der Waals surface area contributed by atoms with E-state index in [1.165, 1.54) is 11.8 Å². The van der Waals surface area contributed by atoms with Crippen molar-refractivity contribution in [3.05, 3.63) is 57.0 Å². The molecule has 0 unspecified atom stereocenters. The van der Waals surface area contributed by atoms with Crippen molar-refractivity contribution in [1.82, 2.24) is 14.9 Å². The number of thiophene rings is 1. The van der Waals surface area contributed by atoms with Crippen molar-refractivity contribution in [2.45, 2.75) is 30.8 Å². The van der Waals surface area contributed by atoms with Gasteiger partial charge in [-0.2, -0.15) is 0 Å². The van der Waals surface area contributed by atoms with Crippen molar-refractivity contribution in [3.63, 3.8) is 0 Å². The Kier molecular flexibility index (Phi) is 6.11. The van der Waals surface area contributed by atoms with Gasteiger partial charge in [-0.25, -0.2) is 4.98 Å². The molecule has 3 aromatic rings. The Hall–Kier alpha value is -2.12. The first-order valence-corrected chi connectivity index (χ1v) is 10.4. The maximum absolute atomic E-state index is 12.5. The smallest absolute Gasteiger partial charge is 0.283 e. The molecule has 136 valence electrons. The van der Waals surface area contributed by atoms with Crippen LogP contribution >= 0.6 is 23.1 Å². The van der Waals surface area contributed by atoms with Gasteiger partial charge >= 0.3 is 0 Å². The van der Waals surface area contributed by atoms with Crippen LogP contribution in [0.15, 0.2) is 51.6 Å². The average molecular weight is 388 g/mol. The van der Waals surface area contributed by atoms with Crippen LogP contribution in [0.3, 0.4) is 0 Å². The molecule has 0 saturated carbocycles. The molecule has 26 heavy (non-hydrogen) atoms. The van der Waals surface area contributed by atoms with E-state index < -0.39 is 0 Å². The zero-order valence-corrected chi connectivity index (χ0v) is 16.4. The number of rotatable bonds is 7. The molecule has 0 radical (unpaired) electrons. The van der Waals surface area contributed by atoms with Crippen LogP contribution in [0.25, 0.3) is 11.0 Å². The van der Waals surface area contributed by atoms with E-state index in [0.717, 1.165) is 28.8 Å². The number of hydrogen-bond acceptors (Lipinski definition) is 5. The Morgan fingerprint density at radius 2 is 2.12 bits per heavy atom. The zero-order valence-electron chi connectivity index (χ0n) is 14.8. The number of amides is 1. The molecule has 0 aliphatic rings. The molecule has 2 heterocycles. The lowest BCUT2D eigenvalue weighted by Crippen LogP contribution is -2.30. The molecular weight excluding hydrogens is 366 g/mol. The lowest BCUT2D eigenvalue weighted by molar-refractivity contribution is -0.119. The van der Waals surface area contributed by atoms with E-state index in [-0.39, 0.29) is 23.3 Å². The number of carbonyl (C=O) groups is 1. The summed E-state index contributed by atoms with van der Waals surface area (Å²) in [6.45, 7) is 2.10. The highest BCUT2D eigenvalue weighted by Crippen LogP contribution is 2.23. The van der Waals surface area contributed by atoms with Crippen LogP contribution in [0.1, 0.15) is 30.7 Å². The molecule has 2 aromatic heterocycles. The largest absolute Gasteiger partial charge is 0.348 e. The molecule has 1 amide bonds. The highest BCUT2D eigenvalue weighted by atomic mass is 32.2. The van der Waals surface area contributed by atoms with Gasteiger partial charge in [0.1, 0.15) is 0 Å². The Morgan fingerprint density at radius 3 is 2.85 bits per heavy atom. The van der Waals surface area contributed by atoms with Crippen LogP contribution in [0.2, 0.25) is 0 Å². The molecule has 0 saturated heterocycles. The third-order valence-corrected chi connectivity index (χ3v) is 6.02. The second-order valence-electron chi connectivity index (χ2n) is 5.98. The minimum absolute atomic E-state index is 0.0282. The quantitative estimate of drug-likeness (QED) is 0.627. The maximum Gasteiger partial charge on any atom is 0.283 e. The van der Waals surface area contributed by atoms with E-state index in [0.29, 0.717) is 5.03 Å². The fourth-order valence-corrected chi connectivity index (χ4v) is 4.37. The molecule has 5 nitrogen and oxygen atoms in total. The van der Waals surface area contributed by atoms with Crippen LogP contribution in [-0.4, -0.2) is 21.2 Å². The highest BCUT2D eigenvalue weighted by molar-refractivity contribution is 7.99. The van der Waals surface area contributed by atoms with Gasteiger partial charge in [0.2, 0.25) is 5.91 Å². The predicted octanol–water partition coefficient (Wildman–Crippen LogP) is 3.74. The summed E-state index contributed by atoms with van der Waals surface area (Å²) in [5, 5.41) is 5.44. The van der Waals surface area contributed by atoms with Crippen molar-refractivity contribution in [1.29, 1.82) is 0 Å². The zero-order chi connectivity index (χ0) is 18.5. The van der Waals surface area contributed by atoms with Crippen molar-refractivity contribution in [2.24, 2.45) is 7.05 Å². The monoisotopic (exact) mass is 387 g/mol. The van der Waals surface area contributed by atoms with Gasteiger partial charge in [-0.3, -0.25) is 9.59 Å². The first-order chi connectivity index (χ1) is 12.6. The predicted molar refractivity (Wildman–Crippen MR) is 108 cm³/mol. The van der Waals surface area contributed by atoms with Crippen molar-refractivity contribution in [2.75, 3.05) is 5.75 Å². The van der Waals surface area contributed by atoms with E-state index in [1.807, 2.05) is 41.8 Å². The number of fused-ring (bicyclic) bond motifs is 1. The van der Waals surface area contributed by atoms with Crippen molar-refractivity contribution < 1.29 is 4.79 Å². The van der Waals surface area contributed by atoms with E-state index in [2.05, 4.69) is 17.2 Å². The topological polar surface area (TPSA) is 64.0 Å². The van der Waals surface area contributed by atoms with Gasteiger partial charge in [0, 0.05) is 11.9 Å². The molecule has 0 aliphatic carbocycles. The molecule has 1 atom stereocenters. The normalized spacial score (nSPS) is 12.2. The van der Waals surface area contributed by atoms with Crippen molar-refractivity contribution in [3.8, 4) is 0 Å². The molecule has 1 aromatic carbocycles. The Morgan fingerprint density at radius 1 is 1.31 bits per heavy atom. The van der Waals surface area contributed by atoms with Gasteiger partial charge < -0.3 is 9.88 Å². The molecule has 0 aliphatic heterocycles. The van der Waals surface area contributed by atoms with Gasteiger partial charge in [-0.05, 0) is 30.0 Å². The number of nitrogens with one attached hydrogen (secondary N) is 1. The van der Waals surface area contributed by atoms with Crippen LogP contribution in [0.4, 0.5) is 0 Å². The molecule has 0 bridgehead atoms. The van der Waals surface area contributed by atoms with Crippen LogP contribution in [0, 0.1) is 0 Å². The number of aryl methyl sites for hydroxylation is 1. The number of carbonyl (C=O) groups excluding carboxylic acids is 1. The molecule has 1 N–H and O–H groups in total. The second kappa shape index (κ2) is 8.51. The van der Waals surface area contributed by atoms with Gasteiger partial charge in [-0.1, -0.05) is 43.3 Å². The summed E-state index contributed by atoms with van der Waals surface area (Å²) >= 11 is 2.83. The van der Waals surface area contributed by atoms with E-state index >= 15 is 0 Å². The molecule has 3 rings (SSSR count). The summed E-state index contributed by atoms with van der Waals surface area (Å²) in [4.78, 5) is 30.4. The fourth-order valence-electron chi connectivity index (χ4n) is 2.78. The lowest BCUT2D eigenvalue weighted by atomic mass is 10.1. The van der Waals surface area contributed by atoms with Crippen molar-refractivity contribution >= 4 is 40.0 Å². The Bertz CT molecular complexity index is 951. The second-order valence-corrected chi connectivity index (χ2v) is 7.93. The van der Waals surface area contributed by atoms with Gasteiger partial charge in [-0.15, -0.1) is 11.3 Å². The molecule has 0 fully saturated rings. The van der Waals surface area contributed by atoms with Crippen LogP contribution in [0.5, 0.6) is 0 Å². The van der Waals surface area contributed by atoms with Crippen LogP contribution in [-0.2, 0) is 11.8 Å². The van der Waals surface area contributed by atoms with Gasteiger partial charge in [0.15, 0.2) is 5.03 Å². The van der Waals surface area contributed by atoms with Gasteiger partial charge in [0.25, 0.3) is 5.56 Å². The lowest BCUT2D eigenvalue weighted by Gasteiger charge is -2.16. The number of nitrogens with zero attached hydrogens (tertiary/aromatic N) is 2. The Labute approximate surface area is 160 Å². The summed E-state index contributed by atoms with van der Waals surface area (Å²) < 4.78 is 1.58. The van der Waals surface area contributed by atoms with E-state index in [9.17, 15) is 9.59 Å². The number of benzene rings is 1. The van der Waals surface area contributed by atoms with Crippen LogP contribution < -0.4 is 10.9 Å². The number of aromatic nitrogens is 2. The summed E-state index contributed by atoms with van der Waals surface area (Å²) in [6, 6.07) is 11.6. The maximum atomic E-state index is 12.5. The minimum atomic E-state index is -0.176. The average Bonchev–Trinajstić information content (AvgIpc) is 3.18. The number of para-hydroxylation sites is 2. The summed E-state index contributed by atoms with van der Waals surface area (Å²) in [6.07, 6.45) is 1.88. The third-order valence-electron chi connectivity index (χ3n) is 4.09.